The lowest BCUT2D eigenvalue weighted by molar-refractivity contribution is -0.126. The maximum atomic E-state index is 12.1. The van der Waals surface area contributed by atoms with Crippen LogP contribution in [0.15, 0.2) is 12.3 Å². The highest BCUT2D eigenvalue weighted by Gasteiger charge is 2.22. The molecule has 1 aromatic heterocycles. The van der Waals surface area contributed by atoms with Crippen LogP contribution in [0.1, 0.15) is 31.2 Å². The maximum Gasteiger partial charge on any atom is 0.261 e. The lowest BCUT2D eigenvalue weighted by Crippen LogP contribution is -2.35. The lowest BCUT2D eigenvalue weighted by Gasteiger charge is -2.33. The van der Waals surface area contributed by atoms with Crippen LogP contribution in [0.3, 0.4) is 0 Å². The second-order valence-electron chi connectivity index (χ2n) is 5.90. The number of hydrogen-bond donors (Lipinski definition) is 3. The number of rotatable bonds is 4. The van der Waals surface area contributed by atoms with Gasteiger partial charge in [0.2, 0.25) is 5.91 Å². The molecule has 0 atom stereocenters. The number of nitrogens with two attached hydrogens (primary N) is 1. The number of amides is 2. The van der Waals surface area contributed by atoms with Crippen molar-refractivity contribution in [2.45, 2.75) is 26.7 Å². The fourth-order valence-electron chi connectivity index (χ4n) is 2.76. The molecule has 8 heteroatoms. The lowest BCUT2D eigenvalue weighted by atomic mass is 9.97. The molecule has 1 fully saturated rings. The highest BCUT2D eigenvalue weighted by molar-refractivity contribution is 6.22. The van der Waals surface area contributed by atoms with E-state index < -0.39 is 11.8 Å². The number of nitrogens with zero attached hydrogens (tertiary/aromatic N) is 3. The number of anilines is 1. The SMILES string of the molecule is CC(=O)NC(=O)/C(=C\N)c1cc(N2CCC(CO)CC2)c(C)nn1. The maximum absolute atomic E-state index is 12.1. The first-order valence-electron chi connectivity index (χ1n) is 7.90. The van der Waals surface area contributed by atoms with Gasteiger partial charge in [-0.25, -0.2) is 0 Å². The van der Waals surface area contributed by atoms with Gasteiger partial charge in [0, 0.05) is 32.8 Å². The molecule has 0 bridgehead atoms. The van der Waals surface area contributed by atoms with E-state index in [1.165, 1.54) is 6.92 Å². The van der Waals surface area contributed by atoms with E-state index in [4.69, 9.17) is 5.73 Å². The zero-order valence-electron chi connectivity index (χ0n) is 14.0. The number of aryl methyl sites for hydroxylation is 1. The molecule has 2 rings (SSSR count). The van der Waals surface area contributed by atoms with Gasteiger partial charge in [0.05, 0.1) is 17.0 Å². The molecule has 1 aliphatic heterocycles. The summed E-state index contributed by atoms with van der Waals surface area (Å²) in [5.74, 6) is -0.740. The van der Waals surface area contributed by atoms with Crippen LogP contribution in [-0.4, -0.2) is 46.8 Å². The number of aromatic nitrogens is 2. The Hall–Kier alpha value is -2.48. The Morgan fingerprint density at radius 3 is 2.62 bits per heavy atom. The molecule has 0 radical (unpaired) electrons. The molecule has 2 amide bonds. The number of hydrogen-bond acceptors (Lipinski definition) is 7. The van der Waals surface area contributed by atoms with Crippen molar-refractivity contribution in [1.29, 1.82) is 0 Å². The van der Waals surface area contributed by atoms with Crippen molar-refractivity contribution in [3.63, 3.8) is 0 Å². The number of nitrogens with one attached hydrogen (secondary N) is 1. The molecule has 24 heavy (non-hydrogen) atoms. The average molecular weight is 333 g/mol. The monoisotopic (exact) mass is 333 g/mol. The molecule has 0 aliphatic carbocycles. The Bertz CT molecular complexity index is 651. The van der Waals surface area contributed by atoms with Gasteiger partial charge in [0.25, 0.3) is 5.91 Å². The molecule has 4 N–H and O–H groups in total. The van der Waals surface area contributed by atoms with Crippen molar-refractivity contribution >= 4 is 23.1 Å². The average Bonchev–Trinajstić information content (AvgIpc) is 2.56. The largest absolute Gasteiger partial charge is 0.404 e. The van der Waals surface area contributed by atoms with E-state index >= 15 is 0 Å². The van der Waals surface area contributed by atoms with Gasteiger partial charge in [-0.3, -0.25) is 14.9 Å². The number of aliphatic hydroxyl groups is 1. The van der Waals surface area contributed by atoms with Crippen LogP contribution in [0.2, 0.25) is 0 Å². The molecule has 1 aliphatic rings. The van der Waals surface area contributed by atoms with Crippen LogP contribution in [0.4, 0.5) is 5.69 Å². The molecular weight excluding hydrogens is 310 g/mol. The van der Waals surface area contributed by atoms with Crippen molar-refractivity contribution in [2.24, 2.45) is 11.7 Å². The summed E-state index contributed by atoms with van der Waals surface area (Å²) in [4.78, 5) is 25.3. The van der Waals surface area contributed by atoms with Crippen molar-refractivity contribution in [2.75, 3.05) is 24.6 Å². The summed E-state index contributed by atoms with van der Waals surface area (Å²) in [6, 6.07) is 1.76. The van der Waals surface area contributed by atoms with E-state index in [2.05, 4.69) is 20.4 Å². The van der Waals surface area contributed by atoms with E-state index in [-0.39, 0.29) is 12.2 Å². The van der Waals surface area contributed by atoms with Gasteiger partial charge in [-0.05, 0) is 31.7 Å². The van der Waals surface area contributed by atoms with Gasteiger partial charge in [-0.2, -0.15) is 5.10 Å². The third-order valence-electron chi connectivity index (χ3n) is 4.14. The fraction of sp³-hybridized carbons (Fsp3) is 0.500. The Morgan fingerprint density at radius 1 is 1.42 bits per heavy atom. The molecule has 0 aromatic carbocycles. The predicted octanol–water partition coefficient (Wildman–Crippen LogP) is -0.0440. The molecule has 1 aromatic rings. The van der Waals surface area contributed by atoms with Gasteiger partial charge in [-0.15, -0.1) is 5.10 Å². The second-order valence-corrected chi connectivity index (χ2v) is 5.90. The summed E-state index contributed by atoms with van der Waals surface area (Å²) in [6.07, 6.45) is 2.93. The van der Waals surface area contributed by atoms with Gasteiger partial charge in [0.15, 0.2) is 0 Å². The highest BCUT2D eigenvalue weighted by Crippen LogP contribution is 2.26. The standard InChI is InChI=1S/C16H23N5O3/c1-10-15(21-5-3-12(9-22)4-6-21)7-14(20-19-10)13(8-17)16(24)18-11(2)23/h7-8,12,22H,3-6,9,17H2,1-2H3,(H,18,23,24)/b13-8-. The van der Waals surface area contributed by atoms with Gasteiger partial charge in [0.1, 0.15) is 5.69 Å². The molecule has 2 heterocycles. The van der Waals surface area contributed by atoms with Crippen molar-refractivity contribution < 1.29 is 14.7 Å². The summed E-state index contributed by atoms with van der Waals surface area (Å²) in [5, 5.41) is 19.6. The Balaban J connectivity index is 2.25. The first-order valence-corrected chi connectivity index (χ1v) is 7.90. The van der Waals surface area contributed by atoms with E-state index in [1.54, 1.807) is 6.07 Å². The molecule has 130 valence electrons. The summed E-state index contributed by atoms with van der Waals surface area (Å²) in [6.45, 7) is 4.92. The first kappa shape index (κ1) is 17.9. The highest BCUT2D eigenvalue weighted by atomic mass is 16.3. The van der Waals surface area contributed by atoms with E-state index in [1.807, 2.05) is 6.92 Å². The van der Waals surface area contributed by atoms with Crippen LogP contribution in [-0.2, 0) is 9.59 Å². The third kappa shape index (κ3) is 4.08. The number of aliphatic hydroxyl groups excluding tert-OH is 1. The second kappa shape index (κ2) is 7.87. The van der Waals surface area contributed by atoms with E-state index in [0.29, 0.717) is 11.6 Å². The summed E-state index contributed by atoms with van der Waals surface area (Å²) < 4.78 is 0. The topological polar surface area (TPSA) is 121 Å². The number of carbonyl (C=O) groups excluding carboxylic acids is 2. The number of imide groups is 1. The normalized spacial score (nSPS) is 16.1. The van der Waals surface area contributed by atoms with Crippen LogP contribution in [0.25, 0.3) is 5.57 Å². The Labute approximate surface area is 140 Å². The minimum Gasteiger partial charge on any atom is -0.404 e. The van der Waals surface area contributed by atoms with Crippen molar-refractivity contribution in [3.05, 3.63) is 23.7 Å². The fourth-order valence-corrected chi connectivity index (χ4v) is 2.76. The van der Waals surface area contributed by atoms with Crippen molar-refractivity contribution in [3.8, 4) is 0 Å². The Kier molecular flexibility index (Phi) is 5.86. The van der Waals surface area contributed by atoms with Crippen molar-refractivity contribution in [1.82, 2.24) is 15.5 Å². The number of piperidine rings is 1. The molecule has 0 unspecified atom stereocenters. The van der Waals surface area contributed by atoms with Crippen LogP contribution < -0.4 is 16.0 Å². The van der Waals surface area contributed by atoms with E-state index in [0.717, 1.165) is 43.5 Å². The minimum absolute atomic E-state index is 0.101. The summed E-state index contributed by atoms with van der Waals surface area (Å²) in [7, 11) is 0. The van der Waals surface area contributed by atoms with Gasteiger partial charge < -0.3 is 15.7 Å². The Morgan fingerprint density at radius 2 is 2.08 bits per heavy atom. The molecule has 0 spiro atoms. The third-order valence-corrected chi connectivity index (χ3v) is 4.14. The van der Waals surface area contributed by atoms with Crippen LogP contribution in [0.5, 0.6) is 0 Å². The van der Waals surface area contributed by atoms with Crippen LogP contribution >= 0.6 is 0 Å². The molecule has 0 saturated carbocycles. The first-order chi connectivity index (χ1) is 11.5. The predicted molar refractivity (Wildman–Crippen MR) is 89.8 cm³/mol. The molecular formula is C16H23N5O3. The summed E-state index contributed by atoms with van der Waals surface area (Å²) >= 11 is 0. The van der Waals surface area contributed by atoms with Crippen LogP contribution in [0, 0.1) is 12.8 Å². The zero-order chi connectivity index (χ0) is 17.7. The smallest absolute Gasteiger partial charge is 0.261 e. The van der Waals surface area contributed by atoms with Gasteiger partial charge >= 0.3 is 0 Å². The minimum atomic E-state index is -0.604. The molecule has 8 nitrogen and oxygen atoms in total. The summed E-state index contributed by atoms with van der Waals surface area (Å²) in [5.41, 5.74) is 7.60. The molecule has 1 saturated heterocycles. The van der Waals surface area contributed by atoms with Gasteiger partial charge in [-0.1, -0.05) is 0 Å². The van der Waals surface area contributed by atoms with E-state index in [9.17, 15) is 14.7 Å². The quantitative estimate of drug-likeness (QED) is 0.661. The zero-order valence-corrected chi connectivity index (χ0v) is 14.0. The number of carbonyl (C=O) groups is 2.